The zero-order chi connectivity index (χ0) is 12.7. The van der Waals surface area contributed by atoms with Crippen LogP contribution in [0.15, 0.2) is 29.2 Å². The molecule has 0 radical (unpaired) electrons. The Bertz CT molecular complexity index is 333. The molecule has 17 heavy (non-hydrogen) atoms. The van der Waals surface area contributed by atoms with Crippen LogP contribution < -0.4 is 5.32 Å². The van der Waals surface area contributed by atoms with Crippen molar-refractivity contribution in [3.63, 3.8) is 0 Å². The average Bonchev–Trinajstić information content (AvgIpc) is 2.22. The van der Waals surface area contributed by atoms with E-state index in [-0.39, 0.29) is 5.54 Å². The monoisotopic (exact) mass is 271 g/mol. The molecule has 0 amide bonds. The van der Waals surface area contributed by atoms with Crippen molar-refractivity contribution in [2.45, 2.75) is 44.0 Å². The largest absolute Gasteiger partial charge is 0.312 e. The molecule has 96 valence electrons. The summed E-state index contributed by atoms with van der Waals surface area (Å²) in [4.78, 5) is 1.27. The van der Waals surface area contributed by atoms with E-state index >= 15 is 0 Å². The molecule has 0 aliphatic rings. The molecule has 1 N–H and O–H groups in total. The van der Waals surface area contributed by atoms with Crippen molar-refractivity contribution in [3.05, 3.63) is 29.3 Å². The van der Waals surface area contributed by atoms with E-state index in [0.29, 0.717) is 0 Å². The molecule has 0 saturated carbocycles. The van der Waals surface area contributed by atoms with E-state index < -0.39 is 0 Å². The van der Waals surface area contributed by atoms with E-state index in [9.17, 15) is 0 Å². The number of halogens is 1. The van der Waals surface area contributed by atoms with Crippen molar-refractivity contribution >= 4 is 23.4 Å². The first-order valence-electron chi connectivity index (χ1n) is 6.11. The van der Waals surface area contributed by atoms with Gasteiger partial charge in [0.25, 0.3) is 0 Å². The lowest BCUT2D eigenvalue weighted by Crippen LogP contribution is -2.36. The zero-order valence-electron chi connectivity index (χ0n) is 10.9. The molecule has 1 aromatic carbocycles. The molecule has 1 aromatic rings. The second-order valence-corrected chi connectivity index (χ2v) is 6.79. The third-order valence-electron chi connectivity index (χ3n) is 2.29. The Morgan fingerprint density at radius 1 is 1.24 bits per heavy atom. The molecule has 0 saturated heterocycles. The molecule has 0 aromatic heterocycles. The highest BCUT2D eigenvalue weighted by Crippen LogP contribution is 2.22. The van der Waals surface area contributed by atoms with Crippen LogP contribution in [-0.4, -0.2) is 17.8 Å². The molecule has 1 nitrogen and oxygen atoms in total. The molecule has 0 heterocycles. The van der Waals surface area contributed by atoms with Gasteiger partial charge in [0, 0.05) is 15.5 Å². The Balaban J connectivity index is 2.09. The predicted molar refractivity (Wildman–Crippen MR) is 79.2 cm³/mol. The Hall–Kier alpha value is -0.180. The second kappa shape index (κ2) is 7.30. The van der Waals surface area contributed by atoms with Gasteiger partial charge in [-0.3, -0.25) is 0 Å². The Labute approximate surface area is 114 Å². The van der Waals surface area contributed by atoms with Crippen molar-refractivity contribution in [3.8, 4) is 0 Å². The minimum atomic E-state index is 0.236. The summed E-state index contributed by atoms with van der Waals surface area (Å²) in [5.74, 6) is 1.16. The van der Waals surface area contributed by atoms with Crippen molar-refractivity contribution < 1.29 is 0 Å². The summed E-state index contributed by atoms with van der Waals surface area (Å²) >= 11 is 7.81. The maximum atomic E-state index is 5.93. The van der Waals surface area contributed by atoms with Crippen LogP contribution in [0.25, 0.3) is 0 Å². The van der Waals surface area contributed by atoms with Gasteiger partial charge < -0.3 is 5.32 Å². The van der Waals surface area contributed by atoms with Gasteiger partial charge in [-0.15, -0.1) is 11.8 Å². The van der Waals surface area contributed by atoms with Crippen LogP contribution in [0.3, 0.4) is 0 Å². The van der Waals surface area contributed by atoms with Gasteiger partial charge in [-0.05, 0) is 64.1 Å². The SMILES string of the molecule is CC(C)(C)NCCCCSc1cccc(Cl)c1. The van der Waals surface area contributed by atoms with E-state index in [1.165, 1.54) is 17.7 Å². The quantitative estimate of drug-likeness (QED) is 0.599. The molecule has 0 aliphatic carbocycles. The molecule has 0 atom stereocenters. The fourth-order valence-electron chi connectivity index (χ4n) is 1.44. The summed E-state index contributed by atoms with van der Waals surface area (Å²) in [6.07, 6.45) is 2.46. The average molecular weight is 272 g/mol. The van der Waals surface area contributed by atoms with Gasteiger partial charge in [-0.25, -0.2) is 0 Å². The van der Waals surface area contributed by atoms with Crippen LogP contribution in [0, 0.1) is 0 Å². The molecule has 0 aliphatic heterocycles. The van der Waals surface area contributed by atoms with E-state index in [4.69, 9.17) is 11.6 Å². The number of hydrogen-bond donors (Lipinski definition) is 1. The predicted octanol–water partition coefficient (Wildman–Crippen LogP) is 4.60. The van der Waals surface area contributed by atoms with Crippen LogP contribution in [-0.2, 0) is 0 Å². The van der Waals surface area contributed by atoms with Gasteiger partial charge in [0.15, 0.2) is 0 Å². The number of thioether (sulfide) groups is 1. The van der Waals surface area contributed by atoms with Crippen LogP contribution in [0.1, 0.15) is 33.6 Å². The standard InChI is InChI=1S/C14H22ClNS/c1-14(2,3)16-9-4-5-10-17-13-8-6-7-12(15)11-13/h6-8,11,16H,4-5,9-10H2,1-3H3. The van der Waals surface area contributed by atoms with Gasteiger partial charge >= 0.3 is 0 Å². The molecule has 0 unspecified atom stereocenters. The fraction of sp³-hybridized carbons (Fsp3) is 0.571. The number of hydrogen-bond acceptors (Lipinski definition) is 2. The Morgan fingerprint density at radius 2 is 2.00 bits per heavy atom. The molecule has 3 heteroatoms. The van der Waals surface area contributed by atoms with E-state index in [0.717, 1.165) is 17.3 Å². The normalized spacial score (nSPS) is 11.8. The van der Waals surface area contributed by atoms with E-state index in [1.54, 1.807) is 0 Å². The highest BCUT2D eigenvalue weighted by Gasteiger charge is 2.06. The maximum absolute atomic E-state index is 5.93. The number of rotatable bonds is 6. The van der Waals surface area contributed by atoms with Crippen molar-refractivity contribution in [2.75, 3.05) is 12.3 Å². The van der Waals surface area contributed by atoms with Crippen LogP contribution in [0.2, 0.25) is 5.02 Å². The highest BCUT2D eigenvalue weighted by atomic mass is 35.5. The van der Waals surface area contributed by atoms with Gasteiger partial charge in [0.1, 0.15) is 0 Å². The van der Waals surface area contributed by atoms with Crippen molar-refractivity contribution in [1.29, 1.82) is 0 Å². The summed E-state index contributed by atoms with van der Waals surface area (Å²) in [6.45, 7) is 7.70. The third-order valence-corrected chi connectivity index (χ3v) is 3.61. The maximum Gasteiger partial charge on any atom is 0.0417 e. The summed E-state index contributed by atoms with van der Waals surface area (Å²) in [6, 6.07) is 8.06. The lowest BCUT2D eigenvalue weighted by molar-refractivity contribution is 0.421. The highest BCUT2D eigenvalue weighted by molar-refractivity contribution is 7.99. The van der Waals surface area contributed by atoms with E-state index in [1.807, 2.05) is 30.0 Å². The van der Waals surface area contributed by atoms with Gasteiger partial charge in [0.2, 0.25) is 0 Å². The van der Waals surface area contributed by atoms with Crippen LogP contribution in [0.5, 0.6) is 0 Å². The summed E-state index contributed by atoms with van der Waals surface area (Å²) in [7, 11) is 0. The lowest BCUT2D eigenvalue weighted by Gasteiger charge is -2.20. The summed E-state index contributed by atoms with van der Waals surface area (Å²) < 4.78 is 0. The Kier molecular flexibility index (Phi) is 6.39. The minimum absolute atomic E-state index is 0.236. The first-order valence-corrected chi connectivity index (χ1v) is 7.47. The van der Waals surface area contributed by atoms with Gasteiger partial charge in [-0.1, -0.05) is 17.7 Å². The topological polar surface area (TPSA) is 12.0 Å². The third kappa shape index (κ3) is 7.69. The fourth-order valence-corrected chi connectivity index (χ4v) is 2.66. The number of benzene rings is 1. The van der Waals surface area contributed by atoms with Gasteiger partial charge in [0.05, 0.1) is 0 Å². The lowest BCUT2D eigenvalue weighted by atomic mass is 10.1. The van der Waals surface area contributed by atoms with Crippen LogP contribution in [0.4, 0.5) is 0 Å². The molecule has 1 rings (SSSR count). The molecular weight excluding hydrogens is 250 g/mol. The summed E-state index contributed by atoms with van der Waals surface area (Å²) in [5.41, 5.74) is 0.236. The minimum Gasteiger partial charge on any atom is -0.312 e. The number of unbranched alkanes of at least 4 members (excludes halogenated alkanes) is 1. The molecular formula is C14H22ClNS. The molecule has 0 spiro atoms. The zero-order valence-corrected chi connectivity index (χ0v) is 12.5. The van der Waals surface area contributed by atoms with Crippen molar-refractivity contribution in [2.24, 2.45) is 0 Å². The first kappa shape index (κ1) is 14.9. The number of nitrogens with one attached hydrogen (secondary N) is 1. The Morgan fingerprint density at radius 3 is 2.65 bits per heavy atom. The van der Waals surface area contributed by atoms with Crippen LogP contribution >= 0.6 is 23.4 Å². The summed E-state index contributed by atoms with van der Waals surface area (Å²) in [5, 5.41) is 4.32. The molecule has 0 fully saturated rings. The van der Waals surface area contributed by atoms with Gasteiger partial charge in [-0.2, -0.15) is 0 Å². The van der Waals surface area contributed by atoms with E-state index in [2.05, 4.69) is 32.2 Å². The second-order valence-electron chi connectivity index (χ2n) is 5.19. The van der Waals surface area contributed by atoms with Crippen molar-refractivity contribution in [1.82, 2.24) is 5.32 Å². The first-order chi connectivity index (χ1) is 7.97. The molecule has 0 bridgehead atoms. The smallest absolute Gasteiger partial charge is 0.0417 e.